The van der Waals surface area contributed by atoms with E-state index in [-0.39, 0.29) is 5.57 Å². The number of aryl methyl sites for hydroxylation is 2. The van der Waals surface area contributed by atoms with Crippen molar-refractivity contribution in [3.8, 4) is 5.69 Å². The number of urea groups is 1. The molecule has 0 unspecified atom stereocenters. The highest BCUT2D eigenvalue weighted by Crippen LogP contribution is 2.26. The van der Waals surface area contributed by atoms with Crippen molar-refractivity contribution in [1.82, 2.24) is 14.8 Å². The van der Waals surface area contributed by atoms with E-state index in [0.29, 0.717) is 0 Å². The van der Waals surface area contributed by atoms with E-state index in [1.807, 2.05) is 39.0 Å². The van der Waals surface area contributed by atoms with Gasteiger partial charge < -0.3 is 4.57 Å². The third-order valence-electron chi connectivity index (χ3n) is 4.47. The van der Waals surface area contributed by atoms with Crippen LogP contribution in [-0.4, -0.2) is 34.4 Å². The summed E-state index contributed by atoms with van der Waals surface area (Å²) in [4.78, 5) is 36.7. The van der Waals surface area contributed by atoms with Crippen LogP contribution in [0.25, 0.3) is 11.8 Å². The van der Waals surface area contributed by atoms with Gasteiger partial charge in [0.15, 0.2) is 0 Å². The summed E-state index contributed by atoms with van der Waals surface area (Å²) in [6, 6.07) is 7.25. The standard InChI is InChI=1S/C19H18BrN3O3/c1-10-7-14(5-6-16(10)20)23-11(2)8-13(12(23)3)9-15-17(24)21-19(26)22(4)18(15)25/h5-9H,1-4H3,(H,21,24,26)/b15-9-. The van der Waals surface area contributed by atoms with Gasteiger partial charge in [0.1, 0.15) is 5.57 Å². The molecule has 0 saturated carbocycles. The normalized spacial score (nSPS) is 16.4. The van der Waals surface area contributed by atoms with Gasteiger partial charge in [0.25, 0.3) is 11.8 Å². The third kappa shape index (κ3) is 2.99. The van der Waals surface area contributed by atoms with Crippen LogP contribution in [0.5, 0.6) is 0 Å². The van der Waals surface area contributed by atoms with Gasteiger partial charge in [-0.1, -0.05) is 15.9 Å². The molecule has 0 atom stereocenters. The van der Waals surface area contributed by atoms with E-state index in [2.05, 4.69) is 31.9 Å². The summed E-state index contributed by atoms with van der Waals surface area (Å²) < 4.78 is 3.09. The van der Waals surface area contributed by atoms with Crippen molar-refractivity contribution in [2.45, 2.75) is 20.8 Å². The van der Waals surface area contributed by atoms with Crippen molar-refractivity contribution in [3.63, 3.8) is 0 Å². The number of likely N-dealkylation sites (N-methyl/N-ethyl adjacent to an activating group) is 1. The lowest BCUT2D eigenvalue weighted by Crippen LogP contribution is -2.52. The summed E-state index contributed by atoms with van der Waals surface area (Å²) in [6.07, 6.45) is 1.53. The minimum Gasteiger partial charge on any atom is -0.318 e. The number of carbonyl (C=O) groups excluding carboxylic acids is 3. The van der Waals surface area contributed by atoms with Crippen molar-refractivity contribution in [2.75, 3.05) is 7.05 Å². The molecule has 1 fully saturated rings. The number of nitrogens with zero attached hydrogens (tertiary/aromatic N) is 2. The minimum atomic E-state index is -0.715. The van der Waals surface area contributed by atoms with Gasteiger partial charge in [-0.25, -0.2) is 4.79 Å². The molecule has 2 heterocycles. The van der Waals surface area contributed by atoms with Crippen molar-refractivity contribution in [1.29, 1.82) is 0 Å². The predicted molar refractivity (Wildman–Crippen MR) is 102 cm³/mol. The summed E-state index contributed by atoms with van der Waals surface area (Å²) >= 11 is 3.50. The molecule has 0 spiro atoms. The SMILES string of the molecule is Cc1cc(-n2c(C)cc(/C=C3/C(=O)NC(=O)N(C)C3=O)c2C)ccc1Br. The molecule has 0 aliphatic carbocycles. The summed E-state index contributed by atoms with van der Waals surface area (Å²) in [5, 5.41) is 2.16. The van der Waals surface area contributed by atoms with Gasteiger partial charge in [-0.3, -0.25) is 19.8 Å². The first-order chi connectivity index (χ1) is 12.2. The smallest absolute Gasteiger partial charge is 0.318 e. The summed E-state index contributed by atoms with van der Waals surface area (Å²) in [5.41, 5.74) is 4.68. The Labute approximate surface area is 159 Å². The average Bonchev–Trinajstić information content (AvgIpc) is 2.86. The van der Waals surface area contributed by atoms with E-state index in [4.69, 9.17) is 0 Å². The second-order valence-electron chi connectivity index (χ2n) is 6.28. The molecule has 1 saturated heterocycles. The molecule has 0 radical (unpaired) electrons. The summed E-state index contributed by atoms with van der Waals surface area (Å²) in [5.74, 6) is -1.29. The van der Waals surface area contributed by atoms with Crippen molar-refractivity contribution >= 4 is 39.9 Å². The highest BCUT2D eigenvalue weighted by molar-refractivity contribution is 9.10. The molecule has 1 aliphatic rings. The van der Waals surface area contributed by atoms with E-state index in [1.165, 1.54) is 13.1 Å². The molecule has 3 rings (SSSR count). The van der Waals surface area contributed by atoms with Crippen molar-refractivity contribution in [2.24, 2.45) is 0 Å². The first kappa shape index (κ1) is 18.1. The second-order valence-corrected chi connectivity index (χ2v) is 7.13. The minimum absolute atomic E-state index is 0.0562. The molecule has 26 heavy (non-hydrogen) atoms. The second kappa shape index (κ2) is 6.57. The van der Waals surface area contributed by atoms with E-state index < -0.39 is 17.8 Å². The average molecular weight is 416 g/mol. The Kier molecular flexibility index (Phi) is 4.58. The number of halogens is 1. The fourth-order valence-electron chi connectivity index (χ4n) is 3.00. The summed E-state index contributed by atoms with van der Waals surface area (Å²) in [6.45, 7) is 5.91. The number of hydrogen-bond donors (Lipinski definition) is 1. The van der Waals surface area contributed by atoms with E-state index >= 15 is 0 Å². The topological polar surface area (TPSA) is 71.4 Å². The van der Waals surface area contributed by atoms with Crippen molar-refractivity contribution in [3.05, 3.63) is 56.8 Å². The molecule has 1 aliphatic heterocycles. The molecule has 7 heteroatoms. The van der Waals surface area contributed by atoms with E-state index in [0.717, 1.165) is 37.6 Å². The highest BCUT2D eigenvalue weighted by atomic mass is 79.9. The molecule has 1 aromatic heterocycles. The molecule has 4 amide bonds. The predicted octanol–water partition coefficient (Wildman–Crippen LogP) is 3.26. The zero-order valence-electron chi connectivity index (χ0n) is 14.9. The van der Waals surface area contributed by atoms with Crippen LogP contribution in [-0.2, 0) is 9.59 Å². The van der Waals surface area contributed by atoms with Crippen LogP contribution in [0, 0.1) is 20.8 Å². The first-order valence-corrected chi connectivity index (χ1v) is 8.80. The van der Waals surface area contributed by atoms with Crippen LogP contribution in [0.1, 0.15) is 22.5 Å². The fraction of sp³-hybridized carbons (Fsp3) is 0.211. The Bertz CT molecular complexity index is 988. The van der Waals surface area contributed by atoms with Crippen LogP contribution >= 0.6 is 15.9 Å². The molecule has 1 N–H and O–H groups in total. The number of imide groups is 2. The van der Waals surface area contributed by atoms with E-state index in [9.17, 15) is 14.4 Å². The molecular weight excluding hydrogens is 398 g/mol. The van der Waals surface area contributed by atoms with Gasteiger partial charge in [-0.2, -0.15) is 0 Å². The number of amides is 4. The molecule has 1 aromatic carbocycles. The Morgan fingerprint density at radius 2 is 1.77 bits per heavy atom. The molecular formula is C19H18BrN3O3. The number of aromatic nitrogens is 1. The third-order valence-corrected chi connectivity index (χ3v) is 5.36. The van der Waals surface area contributed by atoms with Crippen LogP contribution in [0.15, 0.2) is 34.3 Å². The lowest BCUT2D eigenvalue weighted by atomic mass is 10.1. The lowest BCUT2D eigenvalue weighted by Gasteiger charge is -2.22. The zero-order valence-corrected chi connectivity index (χ0v) is 16.5. The molecule has 134 valence electrons. The molecule has 6 nitrogen and oxygen atoms in total. The number of benzene rings is 1. The zero-order chi connectivity index (χ0) is 19.2. The monoisotopic (exact) mass is 415 g/mol. The Morgan fingerprint density at radius 3 is 2.42 bits per heavy atom. The fourth-order valence-corrected chi connectivity index (χ4v) is 3.25. The van der Waals surface area contributed by atoms with Gasteiger partial charge in [-0.05, 0) is 62.2 Å². The van der Waals surface area contributed by atoms with Crippen LogP contribution in [0.3, 0.4) is 0 Å². The number of barbiturate groups is 1. The summed E-state index contributed by atoms with van der Waals surface area (Å²) in [7, 11) is 1.34. The van der Waals surface area contributed by atoms with Crippen molar-refractivity contribution < 1.29 is 14.4 Å². The van der Waals surface area contributed by atoms with E-state index in [1.54, 1.807) is 0 Å². The van der Waals surface area contributed by atoms with Crippen LogP contribution < -0.4 is 5.32 Å². The van der Waals surface area contributed by atoms with Gasteiger partial charge in [0.05, 0.1) is 0 Å². The number of hydrogen-bond acceptors (Lipinski definition) is 3. The Hall–Kier alpha value is -2.67. The number of nitrogens with one attached hydrogen (secondary N) is 1. The maximum absolute atomic E-state index is 12.3. The van der Waals surface area contributed by atoms with Crippen LogP contribution in [0.2, 0.25) is 0 Å². The van der Waals surface area contributed by atoms with Gasteiger partial charge >= 0.3 is 6.03 Å². The lowest BCUT2D eigenvalue weighted by molar-refractivity contribution is -0.129. The van der Waals surface area contributed by atoms with Gasteiger partial charge in [-0.15, -0.1) is 0 Å². The van der Waals surface area contributed by atoms with Gasteiger partial charge in [0, 0.05) is 28.6 Å². The molecule has 2 aromatic rings. The quantitative estimate of drug-likeness (QED) is 0.604. The number of rotatable bonds is 2. The highest BCUT2D eigenvalue weighted by Gasteiger charge is 2.33. The number of carbonyl (C=O) groups is 3. The first-order valence-electron chi connectivity index (χ1n) is 8.01. The Balaban J connectivity index is 2.08. The van der Waals surface area contributed by atoms with Crippen LogP contribution in [0.4, 0.5) is 4.79 Å². The van der Waals surface area contributed by atoms with Gasteiger partial charge in [0.2, 0.25) is 0 Å². The maximum Gasteiger partial charge on any atom is 0.331 e. The largest absolute Gasteiger partial charge is 0.331 e. The molecule has 0 bridgehead atoms. The maximum atomic E-state index is 12.3. The Morgan fingerprint density at radius 1 is 1.08 bits per heavy atom.